The third-order valence-electron chi connectivity index (χ3n) is 5.48. The topological polar surface area (TPSA) is 96.7 Å². The first kappa shape index (κ1) is 16.9. The predicted octanol–water partition coefficient (Wildman–Crippen LogP) is 2.34. The van der Waals surface area contributed by atoms with Crippen LogP contribution in [0.2, 0.25) is 5.15 Å². The molecule has 1 aliphatic carbocycles. The van der Waals surface area contributed by atoms with Crippen LogP contribution in [0, 0.1) is 0 Å². The van der Waals surface area contributed by atoms with Gasteiger partial charge in [0.05, 0.1) is 29.2 Å². The maximum absolute atomic E-state index is 6.25. The molecule has 4 heterocycles. The van der Waals surface area contributed by atoms with E-state index in [1.165, 1.54) is 5.69 Å². The molecule has 0 spiro atoms. The van der Waals surface area contributed by atoms with Crippen molar-refractivity contribution in [3.63, 3.8) is 0 Å². The van der Waals surface area contributed by atoms with Crippen LogP contribution in [0.3, 0.4) is 0 Å². The lowest BCUT2D eigenvalue weighted by atomic mass is 9.89. The fourth-order valence-electron chi connectivity index (χ4n) is 3.92. The number of aromatic nitrogens is 7. The van der Waals surface area contributed by atoms with Crippen LogP contribution in [-0.2, 0) is 24.6 Å². The number of hydrogen-bond acceptors (Lipinski definition) is 7. The molecule has 9 nitrogen and oxygen atoms in total. The minimum Gasteiger partial charge on any atom is -0.381 e. The lowest BCUT2D eigenvalue weighted by Gasteiger charge is -2.26. The normalized spacial score (nSPS) is 20.7. The molecule has 3 aromatic heterocycles. The molecule has 0 saturated carbocycles. The van der Waals surface area contributed by atoms with Crippen molar-refractivity contribution in [2.45, 2.75) is 44.1 Å². The second-order valence-corrected chi connectivity index (χ2v) is 7.50. The van der Waals surface area contributed by atoms with E-state index < -0.39 is 0 Å². The Kier molecular flexibility index (Phi) is 4.20. The molecular formula is C17H20ClN7O2. The van der Waals surface area contributed by atoms with Crippen molar-refractivity contribution in [2.75, 3.05) is 13.2 Å². The molecule has 5 rings (SSSR count). The van der Waals surface area contributed by atoms with Crippen molar-refractivity contribution in [2.24, 2.45) is 7.05 Å². The summed E-state index contributed by atoms with van der Waals surface area (Å²) < 4.78 is 14.7. The van der Waals surface area contributed by atoms with E-state index >= 15 is 0 Å². The Bertz CT molecular complexity index is 957. The van der Waals surface area contributed by atoms with Crippen LogP contribution in [-0.4, -0.2) is 48.1 Å². The van der Waals surface area contributed by atoms with Crippen LogP contribution in [0.5, 0.6) is 0 Å². The van der Waals surface area contributed by atoms with Gasteiger partial charge in [0.1, 0.15) is 5.15 Å². The smallest absolute Gasteiger partial charge is 0.230 e. The highest BCUT2D eigenvalue weighted by molar-refractivity contribution is 6.32. The summed E-state index contributed by atoms with van der Waals surface area (Å²) in [5.74, 6) is 1.27. The molecule has 1 atom stereocenters. The van der Waals surface area contributed by atoms with Gasteiger partial charge in [-0.25, -0.2) is 4.68 Å². The molecule has 1 saturated heterocycles. The Balaban J connectivity index is 1.40. The summed E-state index contributed by atoms with van der Waals surface area (Å²) in [4.78, 5) is 4.59. The minimum absolute atomic E-state index is 0.159. The molecule has 0 radical (unpaired) electrons. The Morgan fingerprint density at radius 3 is 2.85 bits per heavy atom. The van der Waals surface area contributed by atoms with Crippen LogP contribution in [0.25, 0.3) is 11.4 Å². The first-order chi connectivity index (χ1) is 13.2. The van der Waals surface area contributed by atoms with Gasteiger partial charge in [-0.15, -0.1) is 5.10 Å². The molecule has 3 aromatic rings. The highest BCUT2D eigenvalue weighted by Crippen LogP contribution is 2.34. The lowest BCUT2D eigenvalue weighted by Crippen LogP contribution is -2.24. The summed E-state index contributed by atoms with van der Waals surface area (Å²) in [6, 6.07) is 0.362. The highest BCUT2D eigenvalue weighted by Gasteiger charge is 2.31. The van der Waals surface area contributed by atoms with Gasteiger partial charge >= 0.3 is 0 Å². The average Bonchev–Trinajstić information content (AvgIpc) is 3.42. The number of rotatable bonds is 3. The predicted molar refractivity (Wildman–Crippen MR) is 95.4 cm³/mol. The fourth-order valence-corrected chi connectivity index (χ4v) is 4.09. The summed E-state index contributed by atoms with van der Waals surface area (Å²) in [7, 11) is 1.78. The van der Waals surface area contributed by atoms with Crippen LogP contribution in [0.15, 0.2) is 10.7 Å². The summed E-state index contributed by atoms with van der Waals surface area (Å²) in [6.45, 7) is 1.56. The Labute approximate surface area is 160 Å². The largest absolute Gasteiger partial charge is 0.381 e. The number of aryl methyl sites for hydroxylation is 2. The van der Waals surface area contributed by atoms with Crippen LogP contribution in [0.1, 0.15) is 48.5 Å². The molecule has 1 unspecified atom stereocenters. The molecule has 27 heavy (non-hydrogen) atoms. The number of nitrogens with zero attached hydrogens (tertiary/aromatic N) is 7. The van der Waals surface area contributed by atoms with Crippen molar-refractivity contribution in [1.29, 1.82) is 0 Å². The number of halogens is 1. The molecule has 142 valence electrons. The van der Waals surface area contributed by atoms with Crippen molar-refractivity contribution >= 4 is 11.6 Å². The van der Waals surface area contributed by atoms with Crippen molar-refractivity contribution < 1.29 is 9.26 Å². The van der Waals surface area contributed by atoms with E-state index in [9.17, 15) is 0 Å². The van der Waals surface area contributed by atoms with Crippen molar-refractivity contribution in [3.8, 4) is 11.4 Å². The van der Waals surface area contributed by atoms with Crippen molar-refractivity contribution in [1.82, 2.24) is 34.9 Å². The second-order valence-electron chi connectivity index (χ2n) is 7.14. The third kappa shape index (κ3) is 2.94. The monoisotopic (exact) mass is 389 g/mol. The Hall–Kier alpha value is -2.26. The van der Waals surface area contributed by atoms with Gasteiger partial charge in [-0.2, -0.15) is 10.1 Å². The van der Waals surface area contributed by atoms with E-state index in [0.717, 1.165) is 51.0 Å². The molecule has 1 aliphatic heterocycles. The van der Waals surface area contributed by atoms with E-state index in [1.54, 1.807) is 17.9 Å². The standard InChI is InChI=1S/C17H20ClN7O2/c1-24-15(18)12(9-19-24)16-20-17(27-22-16)10-2-3-13-14(8-10)25(23-21-13)11-4-6-26-7-5-11/h9-11H,2-8H2,1H3. The van der Waals surface area contributed by atoms with Gasteiger partial charge in [-0.05, 0) is 25.7 Å². The van der Waals surface area contributed by atoms with Gasteiger partial charge in [-0.3, -0.25) is 4.68 Å². The summed E-state index contributed by atoms with van der Waals surface area (Å²) in [6.07, 6.45) is 6.20. The quantitative estimate of drug-likeness (QED) is 0.678. The lowest BCUT2D eigenvalue weighted by molar-refractivity contribution is 0.0647. The van der Waals surface area contributed by atoms with Crippen LogP contribution >= 0.6 is 11.6 Å². The fraction of sp³-hybridized carbons (Fsp3) is 0.588. The maximum atomic E-state index is 6.25. The van der Waals surface area contributed by atoms with Crippen molar-refractivity contribution in [3.05, 3.63) is 28.6 Å². The summed E-state index contributed by atoms with van der Waals surface area (Å²) in [5.41, 5.74) is 2.96. The second kappa shape index (κ2) is 6.72. The molecule has 2 aliphatic rings. The first-order valence-electron chi connectivity index (χ1n) is 9.23. The molecule has 10 heteroatoms. The molecule has 0 N–H and O–H groups in total. The first-order valence-corrected chi connectivity index (χ1v) is 9.60. The molecule has 0 amide bonds. The Morgan fingerprint density at radius 1 is 1.22 bits per heavy atom. The Morgan fingerprint density at radius 2 is 2.07 bits per heavy atom. The third-order valence-corrected chi connectivity index (χ3v) is 5.92. The number of fused-ring (bicyclic) bond motifs is 1. The van der Waals surface area contributed by atoms with E-state index in [2.05, 4.69) is 30.2 Å². The molecule has 0 aromatic carbocycles. The summed E-state index contributed by atoms with van der Waals surface area (Å²) in [5, 5.41) is 17.6. The van der Waals surface area contributed by atoms with Gasteiger partial charge in [0.2, 0.25) is 11.7 Å². The molecule has 1 fully saturated rings. The molecular weight excluding hydrogens is 370 g/mol. The average molecular weight is 390 g/mol. The van der Waals surface area contributed by atoms with Gasteiger partial charge in [0.25, 0.3) is 0 Å². The highest BCUT2D eigenvalue weighted by atomic mass is 35.5. The van der Waals surface area contributed by atoms with E-state index in [4.69, 9.17) is 20.9 Å². The van der Waals surface area contributed by atoms with Gasteiger partial charge in [0, 0.05) is 32.6 Å². The number of hydrogen-bond donors (Lipinski definition) is 0. The number of ether oxygens (including phenoxy) is 1. The van der Waals surface area contributed by atoms with E-state index in [-0.39, 0.29) is 5.92 Å². The van der Waals surface area contributed by atoms with Gasteiger partial charge < -0.3 is 9.26 Å². The zero-order valence-electron chi connectivity index (χ0n) is 15.0. The van der Waals surface area contributed by atoms with Gasteiger partial charge in [-0.1, -0.05) is 22.0 Å². The van der Waals surface area contributed by atoms with E-state index in [1.807, 2.05) is 0 Å². The van der Waals surface area contributed by atoms with Gasteiger partial charge in [0.15, 0.2) is 0 Å². The zero-order chi connectivity index (χ0) is 18.4. The van der Waals surface area contributed by atoms with E-state index in [0.29, 0.717) is 28.5 Å². The molecule has 0 bridgehead atoms. The zero-order valence-corrected chi connectivity index (χ0v) is 15.8. The summed E-state index contributed by atoms with van der Waals surface area (Å²) >= 11 is 6.25. The SMILES string of the molecule is Cn1ncc(-c2noc(C3CCc4nnn(C5CCOCC5)c4C3)n2)c1Cl. The van der Waals surface area contributed by atoms with Crippen LogP contribution < -0.4 is 0 Å². The van der Waals surface area contributed by atoms with Crippen LogP contribution in [0.4, 0.5) is 0 Å². The maximum Gasteiger partial charge on any atom is 0.230 e. The minimum atomic E-state index is 0.159.